The van der Waals surface area contributed by atoms with Crippen LogP contribution in [0.1, 0.15) is 11.4 Å². The van der Waals surface area contributed by atoms with Gasteiger partial charge in [-0.3, -0.25) is 9.97 Å². The van der Waals surface area contributed by atoms with Gasteiger partial charge >= 0.3 is 0 Å². The van der Waals surface area contributed by atoms with Crippen LogP contribution in [0.3, 0.4) is 0 Å². The summed E-state index contributed by atoms with van der Waals surface area (Å²) in [5.41, 5.74) is 15.2. The Morgan fingerprint density at radius 1 is 0.712 bits per heavy atom. The zero-order valence-electron chi connectivity index (χ0n) is 27.5. The molecule has 0 aliphatic rings. The average molecular weight is 1150 g/mol. The van der Waals surface area contributed by atoms with Crippen molar-refractivity contribution in [3.63, 3.8) is 0 Å². The van der Waals surface area contributed by atoms with Crippen LogP contribution in [-0.2, 0) is 55.2 Å². The summed E-state index contributed by atoms with van der Waals surface area (Å²) in [5.74, 6) is 0.113. The number of fused-ring (bicyclic) bond motifs is 2. The maximum Gasteiger partial charge on any atom is 0.148 e. The third-order valence-corrected chi connectivity index (χ3v) is 7.89. The summed E-state index contributed by atoms with van der Waals surface area (Å²) in [6.45, 7) is 4.87. The molecule has 1 radical (unpaired) electrons. The summed E-state index contributed by atoms with van der Waals surface area (Å²) < 4.78 is 35.2. The fourth-order valence-corrected chi connectivity index (χ4v) is 5.74. The molecule has 0 saturated carbocycles. The smallest absolute Gasteiger partial charge is 0.148 e. The third-order valence-electron chi connectivity index (χ3n) is 7.07. The number of nitrogen functional groups attached to an aromatic ring is 2. The molecule has 0 bridgehead atoms. The Morgan fingerprint density at radius 2 is 1.21 bits per heavy atom. The summed E-state index contributed by atoms with van der Waals surface area (Å²) in [6.07, 6.45) is 9.87. The molecule has 0 spiro atoms. The van der Waals surface area contributed by atoms with Gasteiger partial charge in [-0.2, -0.15) is 6.07 Å². The van der Waals surface area contributed by atoms with Crippen molar-refractivity contribution in [2.45, 2.75) is 26.7 Å². The van der Waals surface area contributed by atoms with Crippen molar-refractivity contribution in [1.82, 2.24) is 59.1 Å². The SMILES string of the molecule is C[B]C.Nc1ncnc2c1[c-]cn2Cc1cn(-c2ccccc2F)nn1.Nc1ncnc2c1c(I)cn2Cc1cn(-c2ccccc2F)nn1.[W].[W]. The molecule has 14 nitrogen and oxygen atoms in total. The molecule has 8 rings (SSSR count). The van der Waals surface area contributed by atoms with Gasteiger partial charge in [-0.05, 0) is 46.9 Å². The van der Waals surface area contributed by atoms with Crippen LogP contribution in [0.2, 0.25) is 13.6 Å². The van der Waals surface area contributed by atoms with Gasteiger partial charge < -0.3 is 20.6 Å². The average Bonchev–Trinajstić information content (AvgIpc) is 3.91. The Morgan fingerprint density at radius 3 is 1.77 bits per heavy atom. The van der Waals surface area contributed by atoms with Crippen molar-refractivity contribution >= 4 is 63.6 Å². The number of halogens is 3. The molecule has 263 valence electrons. The second kappa shape index (κ2) is 18.4. The van der Waals surface area contributed by atoms with Crippen LogP contribution in [0.25, 0.3) is 33.4 Å². The van der Waals surface area contributed by atoms with Crippen LogP contribution in [0.5, 0.6) is 0 Å². The molecule has 6 heterocycles. The van der Waals surface area contributed by atoms with Crippen molar-refractivity contribution < 1.29 is 50.9 Å². The second-order valence-corrected chi connectivity index (χ2v) is 11.9. The molecule has 0 aliphatic carbocycles. The van der Waals surface area contributed by atoms with Crippen LogP contribution < -0.4 is 11.5 Å². The maximum atomic E-state index is 13.8. The fourth-order valence-electron chi connectivity index (χ4n) is 4.89. The van der Waals surface area contributed by atoms with Crippen molar-refractivity contribution in [3.05, 3.63) is 119 Å². The largest absolute Gasteiger partial charge is 0.434 e. The molecule has 6 aromatic heterocycles. The molecule has 2 aromatic carbocycles. The van der Waals surface area contributed by atoms with E-state index in [1.165, 1.54) is 34.2 Å². The van der Waals surface area contributed by atoms with E-state index in [9.17, 15) is 8.78 Å². The predicted octanol–water partition coefficient (Wildman–Crippen LogP) is 4.75. The van der Waals surface area contributed by atoms with E-state index >= 15 is 0 Å². The van der Waals surface area contributed by atoms with E-state index in [0.717, 1.165) is 14.6 Å². The molecular weight excluding hydrogens is 1120 g/mol. The first kappa shape index (κ1) is 40.4. The number of aromatic nitrogens is 12. The normalized spacial score (nSPS) is 10.4. The number of nitrogens with zero attached hydrogens (tertiary/aromatic N) is 12. The number of benzene rings is 2. The number of para-hydroxylation sites is 2. The van der Waals surface area contributed by atoms with E-state index in [1.54, 1.807) is 55.0 Å². The van der Waals surface area contributed by atoms with Gasteiger partial charge in [0, 0.05) is 63.4 Å². The first-order chi connectivity index (χ1) is 24.3. The summed E-state index contributed by atoms with van der Waals surface area (Å²) >= 11 is 2.19. The van der Waals surface area contributed by atoms with Crippen molar-refractivity contribution in [3.8, 4) is 11.4 Å². The fraction of sp³-hybridized carbons (Fsp3) is 0.125. The maximum absolute atomic E-state index is 13.8. The summed E-state index contributed by atoms with van der Waals surface area (Å²) in [5, 5.41) is 17.6. The van der Waals surface area contributed by atoms with Gasteiger partial charge in [-0.1, -0.05) is 54.5 Å². The van der Waals surface area contributed by atoms with E-state index in [4.69, 9.17) is 11.5 Å². The third kappa shape index (κ3) is 8.96. The first-order valence-electron chi connectivity index (χ1n) is 15.0. The van der Waals surface area contributed by atoms with E-state index in [2.05, 4.69) is 69.2 Å². The molecule has 52 heavy (non-hydrogen) atoms. The number of rotatable bonds is 6. The topological polar surface area (TPSA) is 175 Å². The van der Waals surface area contributed by atoms with Crippen LogP contribution >= 0.6 is 22.6 Å². The zero-order chi connectivity index (χ0) is 35.2. The second-order valence-electron chi connectivity index (χ2n) is 10.7. The molecule has 0 amide bonds. The van der Waals surface area contributed by atoms with Gasteiger partial charge in [-0.25, -0.2) is 28.1 Å². The Kier molecular flexibility index (Phi) is 14.3. The summed E-state index contributed by atoms with van der Waals surface area (Å²) in [7, 11) is 2.00. The Balaban J connectivity index is 0.000000209. The molecule has 0 unspecified atom stereocenters. The van der Waals surface area contributed by atoms with Crippen LogP contribution in [0, 0.1) is 21.3 Å². The van der Waals surface area contributed by atoms with Gasteiger partial charge in [0.15, 0.2) is 0 Å². The summed E-state index contributed by atoms with van der Waals surface area (Å²) in [4.78, 5) is 16.4. The molecular formula is C32H28BF2IN14W2-. The van der Waals surface area contributed by atoms with Crippen molar-refractivity contribution in [2.24, 2.45) is 0 Å². The van der Waals surface area contributed by atoms with Crippen molar-refractivity contribution in [1.29, 1.82) is 0 Å². The molecule has 4 N–H and O–H groups in total. The quantitative estimate of drug-likeness (QED) is 0.134. The molecule has 0 saturated heterocycles. The van der Waals surface area contributed by atoms with E-state index in [1.807, 2.05) is 36.3 Å². The molecule has 8 aromatic rings. The molecule has 20 heteroatoms. The minimum absolute atomic E-state index is 0. The predicted molar refractivity (Wildman–Crippen MR) is 194 cm³/mol. The van der Waals surface area contributed by atoms with E-state index in [-0.39, 0.29) is 53.8 Å². The van der Waals surface area contributed by atoms with Gasteiger partial charge in [-0.15, -0.1) is 15.6 Å². The van der Waals surface area contributed by atoms with Gasteiger partial charge in [0.2, 0.25) is 0 Å². The minimum Gasteiger partial charge on any atom is -0.434 e. The van der Waals surface area contributed by atoms with E-state index < -0.39 is 0 Å². The van der Waals surface area contributed by atoms with Gasteiger partial charge in [0.1, 0.15) is 59.5 Å². The number of hydrogen-bond acceptors (Lipinski definition) is 10. The Hall–Kier alpha value is -4.41. The number of hydrogen-bond donors (Lipinski definition) is 2. The molecule has 0 fully saturated rings. The number of anilines is 2. The van der Waals surface area contributed by atoms with Gasteiger partial charge in [0.25, 0.3) is 0 Å². The zero-order valence-corrected chi connectivity index (χ0v) is 35.6. The standard InChI is InChI=1S/C15H11FIN7.C15H11FN7.C2H6B.2W/c16-10-3-1-2-4-12(10)24-6-9(21-22-24)5-23-7-11(17)13-14(18)19-8-20-15(13)23;16-12-3-1-2-4-13(12)23-8-10(20-21-23)7-22-6-5-11-14(17)18-9-19-15(11)22;1-3-2;;/h1-4,6-8H,5H2,(H2,18,19,20);1-4,6,8-9H,7H2,(H2,17,18,19);1-2H3;;/q;-1;;;. The van der Waals surface area contributed by atoms with Crippen LogP contribution in [0.4, 0.5) is 20.4 Å². The molecule has 0 atom stereocenters. The van der Waals surface area contributed by atoms with E-state index in [0.29, 0.717) is 58.5 Å². The first-order valence-corrected chi connectivity index (χ1v) is 16.1. The van der Waals surface area contributed by atoms with Crippen molar-refractivity contribution in [2.75, 3.05) is 11.5 Å². The van der Waals surface area contributed by atoms with Crippen LogP contribution in [0.15, 0.2) is 86.0 Å². The van der Waals surface area contributed by atoms with Gasteiger partial charge in [0.05, 0.1) is 37.2 Å². The number of nitrogens with two attached hydrogens (primary N) is 2. The monoisotopic (exact) mass is 1150 g/mol. The Bertz CT molecular complexity index is 2400. The summed E-state index contributed by atoms with van der Waals surface area (Å²) in [6, 6.07) is 15.8. The molecule has 0 aliphatic heterocycles. The minimum atomic E-state index is -0.357. The van der Waals surface area contributed by atoms with Crippen LogP contribution in [-0.4, -0.2) is 66.3 Å². The Labute approximate surface area is 339 Å².